The minimum absolute atomic E-state index is 0.0420. The van der Waals surface area contributed by atoms with Crippen molar-refractivity contribution in [3.8, 4) is 0 Å². The molecule has 4 heteroatoms. The van der Waals surface area contributed by atoms with Gasteiger partial charge in [-0.25, -0.2) is 0 Å². The van der Waals surface area contributed by atoms with E-state index in [2.05, 4.69) is 6.58 Å². The predicted octanol–water partition coefficient (Wildman–Crippen LogP) is 0.969. The Hall–Kier alpha value is -1.32. The van der Waals surface area contributed by atoms with Crippen LogP contribution in [0.15, 0.2) is 12.7 Å². The Morgan fingerprint density at radius 3 is 3.00 bits per heavy atom. The second kappa shape index (κ2) is 3.20. The second-order valence-electron chi connectivity index (χ2n) is 3.37. The Balaban J connectivity index is 2.87. The van der Waals surface area contributed by atoms with Crippen molar-refractivity contribution in [2.75, 3.05) is 0 Å². The summed E-state index contributed by atoms with van der Waals surface area (Å²) in [6.07, 6.45) is 1.89. The third-order valence-corrected chi connectivity index (χ3v) is 2.30. The van der Waals surface area contributed by atoms with Gasteiger partial charge in [-0.1, -0.05) is 6.08 Å². The number of carboxylic acids is 1. The number of esters is 1. The average molecular weight is 184 g/mol. The smallest absolute Gasteiger partial charge is 0.311 e. The van der Waals surface area contributed by atoms with Gasteiger partial charge in [-0.05, 0) is 6.92 Å². The van der Waals surface area contributed by atoms with E-state index in [1.54, 1.807) is 13.0 Å². The molecule has 0 radical (unpaired) electrons. The number of aliphatic carboxylic acids is 1. The van der Waals surface area contributed by atoms with Crippen LogP contribution < -0.4 is 0 Å². The van der Waals surface area contributed by atoms with Crippen LogP contribution in [0.4, 0.5) is 0 Å². The fourth-order valence-electron chi connectivity index (χ4n) is 1.57. The van der Waals surface area contributed by atoms with E-state index < -0.39 is 23.5 Å². The molecule has 1 heterocycles. The number of rotatable bonds is 3. The van der Waals surface area contributed by atoms with Crippen molar-refractivity contribution >= 4 is 11.9 Å². The summed E-state index contributed by atoms with van der Waals surface area (Å²) in [5.41, 5.74) is -0.912. The highest BCUT2D eigenvalue weighted by Gasteiger charge is 2.48. The normalized spacial score (nSPS) is 32.7. The summed E-state index contributed by atoms with van der Waals surface area (Å²) in [7, 11) is 0. The van der Waals surface area contributed by atoms with Gasteiger partial charge in [0.2, 0.25) is 0 Å². The van der Waals surface area contributed by atoms with Crippen LogP contribution in [0, 0.1) is 5.92 Å². The molecule has 0 saturated carbocycles. The molecule has 1 rings (SSSR count). The number of hydrogen-bond acceptors (Lipinski definition) is 3. The predicted molar refractivity (Wildman–Crippen MR) is 45.1 cm³/mol. The molecule has 1 N–H and O–H groups in total. The number of ether oxygens (including phenoxy) is 1. The van der Waals surface area contributed by atoms with E-state index in [0.29, 0.717) is 6.42 Å². The standard InChI is InChI=1S/C9H12O4/c1-3-4-9(2)6(8(11)12)5-7(10)13-9/h3,6H,1,4-5H2,2H3,(H,11,12). The number of carbonyl (C=O) groups excluding carboxylic acids is 1. The molecule has 0 bridgehead atoms. The van der Waals surface area contributed by atoms with Gasteiger partial charge < -0.3 is 9.84 Å². The molecule has 2 unspecified atom stereocenters. The molecule has 0 spiro atoms. The summed E-state index contributed by atoms with van der Waals surface area (Å²) >= 11 is 0. The van der Waals surface area contributed by atoms with E-state index in [0.717, 1.165) is 0 Å². The fraction of sp³-hybridized carbons (Fsp3) is 0.556. The number of hydrogen-bond donors (Lipinski definition) is 1. The van der Waals surface area contributed by atoms with Crippen molar-refractivity contribution < 1.29 is 19.4 Å². The molecule has 0 aromatic rings. The lowest BCUT2D eigenvalue weighted by molar-refractivity contribution is -0.152. The molecule has 1 aliphatic heterocycles. The Kier molecular flexibility index (Phi) is 2.40. The SMILES string of the molecule is C=CCC1(C)OC(=O)CC1C(=O)O. The van der Waals surface area contributed by atoms with Crippen molar-refractivity contribution in [3.05, 3.63) is 12.7 Å². The molecular formula is C9H12O4. The number of carboxylic acid groups (broad SMARTS) is 1. The van der Waals surface area contributed by atoms with Crippen molar-refractivity contribution in [1.29, 1.82) is 0 Å². The molecular weight excluding hydrogens is 172 g/mol. The van der Waals surface area contributed by atoms with E-state index in [4.69, 9.17) is 9.84 Å². The zero-order chi connectivity index (χ0) is 10.1. The topological polar surface area (TPSA) is 63.6 Å². The van der Waals surface area contributed by atoms with E-state index in [-0.39, 0.29) is 6.42 Å². The average Bonchev–Trinajstić information content (AvgIpc) is 2.26. The molecule has 0 amide bonds. The van der Waals surface area contributed by atoms with Crippen LogP contribution >= 0.6 is 0 Å². The summed E-state index contributed by atoms with van der Waals surface area (Å²) in [4.78, 5) is 21.7. The van der Waals surface area contributed by atoms with Gasteiger partial charge in [-0.15, -0.1) is 6.58 Å². The van der Waals surface area contributed by atoms with Crippen molar-refractivity contribution in [3.63, 3.8) is 0 Å². The van der Waals surface area contributed by atoms with Crippen LogP contribution in [0.25, 0.3) is 0 Å². The molecule has 1 aliphatic rings. The van der Waals surface area contributed by atoms with Gasteiger partial charge in [0.05, 0.1) is 6.42 Å². The lowest BCUT2D eigenvalue weighted by Gasteiger charge is -2.25. The first-order valence-corrected chi connectivity index (χ1v) is 4.05. The highest BCUT2D eigenvalue weighted by molar-refractivity contribution is 5.83. The lowest BCUT2D eigenvalue weighted by atomic mass is 9.86. The van der Waals surface area contributed by atoms with E-state index in [1.807, 2.05) is 0 Å². The zero-order valence-corrected chi connectivity index (χ0v) is 7.45. The third-order valence-electron chi connectivity index (χ3n) is 2.30. The molecule has 13 heavy (non-hydrogen) atoms. The van der Waals surface area contributed by atoms with Gasteiger partial charge in [0.15, 0.2) is 0 Å². The van der Waals surface area contributed by atoms with Gasteiger partial charge in [-0.3, -0.25) is 9.59 Å². The summed E-state index contributed by atoms with van der Waals surface area (Å²) in [5, 5.41) is 8.83. The van der Waals surface area contributed by atoms with Crippen LogP contribution in [-0.2, 0) is 14.3 Å². The molecule has 0 aromatic heterocycles. The maximum absolute atomic E-state index is 10.9. The van der Waals surface area contributed by atoms with Crippen molar-refractivity contribution in [2.24, 2.45) is 5.92 Å². The number of carbonyl (C=O) groups is 2. The Bertz CT molecular complexity index is 258. The zero-order valence-electron chi connectivity index (χ0n) is 7.45. The summed E-state index contributed by atoms with van der Waals surface area (Å²) in [6, 6.07) is 0. The Labute approximate surface area is 76.2 Å². The van der Waals surface area contributed by atoms with Crippen LogP contribution in [0.5, 0.6) is 0 Å². The van der Waals surface area contributed by atoms with E-state index in [1.165, 1.54) is 0 Å². The molecule has 1 fully saturated rings. The first-order valence-electron chi connectivity index (χ1n) is 4.05. The number of cyclic esters (lactones) is 1. The van der Waals surface area contributed by atoms with Gasteiger partial charge in [0.1, 0.15) is 11.5 Å². The molecule has 4 nitrogen and oxygen atoms in total. The summed E-state index contributed by atoms with van der Waals surface area (Å²) < 4.78 is 4.97. The highest BCUT2D eigenvalue weighted by Crippen LogP contribution is 2.35. The molecule has 1 saturated heterocycles. The Morgan fingerprint density at radius 1 is 1.92 bits per heavy atom. The molecule has 72 valence electrons. The quantitative estimate of drug-likeness (QED) is 0.524. The van der Waals surface area contributed by atoms with Crippen molar-refractivity contribution in [1.82, 2.24) is 0 Å². The van der Waals surface area contributed by atoms with E-state index in [9.17, 15) is 9.59 Å². The summed E-state index contributed by atoms with van der Waals surface area (Å²) in [5.74, 6) is -2.19. The van der Waals surface area contributed by atoms with Gasteiger partial charge in [-0.2, -0.15) is 0 Å². The van der Waals surface area contributed by atoms with Gasteiger partial charge in [0.25, 0.3) is 0 Å². The van der Waals surface area contributed by atoms with Gasteiger partial charge >= 0.3 is 11.9 Å². The molecule has 2 atom stereocenters. The highest BCUT2D eigenvalue weighted by atomic mass is 16.6. The lowest BCUT2D eigenvalue weighted by Crippen LogP contribution is -2.35. The first-order chi connectivity index (χ1) is 5.99. The Morgan fingerprint density at radius 2 is 2.54 bits per heavy atom. The van der Waals surface area contributed by atoms with Crippen LogP contribution in [0.3, 0.4) is 0 Å². The van der Waals surface area contributed by atoms with Crippen LogP contribution in [-0.4, -0.2) is 22.6 Å². The maximum atomic E-state index is 10.9. The largest absolute Gasteiger partial charge is 0.481 e. The molecule has 0 aromatic carbocycles. The second-order valence-corrected chi connectivity index (χ2v) is 3.37. The maximum Gasteiger partial charge on any atom is 0.311 e. The molecule has 0 aliphatic carbocycles. The summed E-state index contributed by atoms with van der Waals surface area (Å²) in [6.45, 7) is 5.13. The monoisotopic (exact) mass is 184 g/mol. The minimum Gasteiger partial charge on any atom is -0.481 e. The van der Waals surface area contributed by atoms with E-state index >= 15 is 0 Å². The fourth-order valence-corrected chi connectivity index (χ4v) is 1.57. The first kappa shape index (κ1) is 9.77. The van der Waals surface area contributed by atoms with Crippen LogP contribution in [0.1, 0.15) is 19.8 Å². The third kappa shape index (κ3) is 1.71. The minimum atomic E-state index is -0.991. The van der Waals surface area contributed by atoms with Crippen LogP contribution in [0.2, 0.25) is 0 Å². The van der Waals surface area contributed by atoms with Gasteiger partial charge in [0, 0.05) is 6.42 Å². The van der Waals surface area contributed by atoms with Crippen molar-refractivity contribution in [2.45, 2.75) is 25.4 Å².